The Balaban J connectivity index is 1.21. The van der Waals surface area contributed by atoms with Crippen LogP contribution in [0.25, 0.3) is 11.5 Å². The second-order valence-corrected chi connectivity index (χ2v) is 8.74. The fourth-order valence-electron chi connectivity index (χ4n) is 4.58. The molecular weight excluding hydrogens is 392 g/mol. The molecule has 2 heterocycles. The first-order chi connectivity index (χ1) is 15.2. The number of nitrogens with zero attached hydrogens (tertiary/aromatic N) is 3. The SMILES string of the molecule is O=C(NC1CCCCC1)C1CCCN(C(=O)CCCc2nnc(-c3ccccc3)o2)C1. The predicted octanol–water partition coefficient (Wildman–Crippen LogP) is 3.75. The van der Waals surface area contributed by atoms with Crippen molar-refractivity contribution in [1.29, 1.82) is 0 Å². The predicted molar refractivity (Wildman–Crippen MR) is 117 cm³/mol. The molecule has 1 aliphatic heterocycles. The summed E-state index contributed by atoms with van der Waals surface area (Å²) in [5, 5.41) is 11.4. The monoisotopic (exact) mass is 424 g/mol. The molecule has 1 saturated heterocycles. The molecule has 1 atom stereocenters. The van der Waals surface area contributed by atoms with E-state index in [4.69, 9.17) is 4.42 Å². The van der Waals surface area contributed by atoms with Crippen LogP contribution in [0.2, 0.25) is 0 Å². The highest BCUT2D eigenvalue weighted by Gasteiger charge is 2.29. The third-order valence-electron chi connectivity index (χ3n) is 6.37. The van der Waals surface area contributed by atoms with E-state index in [2.05, 4.69) is 15.5 Å². The zero-order valence-corrected chi connectivity index (χ0v) is 18.1. The molecule has 2 aromatic rings. The number of nitrogens with one attached hydrogen (secondary N) is 1. The molecular formula is C24H32N4O3. The van der Waals surface area contributed by atoms with E-state index in [-0.39, 0.29) is 17.7 Å². The molecule has 7 nitrogen and oxygen atoms in total. The highest BCUT2D eigenvalue weighted by Crippen LogP contribution is 2.22. The molecule has 4 rings (SSSR count). The number of carbonyl (C=O) groups is 2. The smallest absolute Gasteiger partial charge is 0.247 e. The molecule has 0 bridgehead atoms. The van der Waals surface area contributed by atoms with E-state index in [1.54, 1.807) is 0 Å². The van der Waals surface area contributed by atoms with Crippen molar-refractivity contribution in [3.8, 4) is 11.5 Å². The molecule has 1 aromatic heterocycles. The Morgan fingerprint density at radius 2 is 1.84 bits per heavy atom. The van der Waals surface area contributed by atoms with Gasteiger partial charge in [-0.25, -0.2) is 0 Å². The van der Waals surface area contributed by atoms with Gasteiger partial charge in [-0.3, -0.25) is 9.59 Å². The standard InChI is InChI=1S/C24H32N4O3/c29-22(15-7-14-21-26-27-24(31-21)18-9-3-1-4-10-18)28-16-8-11-19(17-28)23(30)25-20-12-5-2-6-13-20/h1,3-4,9-10,19-20H,2,5-8,11-17H2,(H,25,30). The van der Waals surface area contributed by atoms with Crippen LogP contribution in [0.4, 0.5) is 0 Å². The number of piperidine rings is 1. The molecule has 0 radical (unpaired) electrons. The Labute approximate surface area is 183 Å². The highest BCUT2D eigenvalue weighted by atomic mass is 16.4. The van der Waals surface area contributed by atoms with Crippen molar-refractivity contribution in [2.75, 3.05) is 13.1 Å². The third kappa shape index (κ3) is 5.93. The van der Waals surface area contributed by atoms with Crippen molar-refractivity contribution in [2.24, 2.45) is 5.92 Å². The average molecular weight is 425 g/mol. The van der Waals surface area contributed by atoms with Crippen molar-refractivity contribution < 1.29 is 14.0 Å². The number of benzene rings is 1. The number of rotatable bonds is 7. The lowest BCUT2D eigenvalue weighted by atomic mass is 9.93. The van der Waals surface area contributed by atoms with E-state index in [0.29, 0.717) is 43.6 Å². The third-order valence-corrected chi connectivity index (χ3v) is 6.37. The van der Waals surface area contributed by atoms with Gasteiger partial charge in [0, 0.05) is 37.5 Å². The Morgan fingerprint density at radius 1 is 1.03 bits per heavy atom. The maximum atomic E-state index is 12.7. The quantitative estimate of drug-likeness (QED) is 0.731. The van der Waals surface area contributed by atoms with Crippen LogP contribution in [0.15, 0.2) is 34.7 Å². The van der Waals surface area contributed by atoms with Crippen LogP contribution >= 0.6 is 0 Å². The normalized spacial score (nSPS) is 19.9. The first-order valence-corrected chi connectivity index (χ1v) is 11.6. The van der Waals surface area contributed by atoms with Crippen molar-refractivity contribution in [3.63, 3.8) is 0 Å². The Morgan fingerprint density at radius 3 is 2.65 bits per heavy atom. The van der Waals surface area contributed by atoms with Gasteiger partial charge in [0.15, 0.2) is 0 Å². The number of carbonyl (C=O) groups excluding carboxylic acids is 2. The van der Waals surface area contributed by atoms with Gasteiger partial charge >= 0.3 is 0 Å². The molecule has 2 aliphatic rings. The van der Waals surface area contributed by atoms with Gasteiger partial charge in [0.1, 0.15) is 0 Å². The summed E-state index contributed by atoms with van der Waals surface area (Å²) < 4.78 is 5.72. The van der Waals surface area contributed by atoms with Crippen molar-refractivity contribution in [1.82, 2.24) is 20.4 Å². The van der Waals surface area contributed by atoms with E-state index >= 15 is 0 Å². The fraction of sp³-hybridized carbons (Fsp3) is 0.583. The van der Waals surface area contributed by atoms with E-state index in [1.807, 2.05) is 35.2 Å². The largest absolute Gasteiger partial charge is 0.421 e. The zero-order valence-electron chi connectivity index (χ0n) is 18.1. The van der Waals surface area contributed by atoms with Gasteiger partial charge in [0.2, 0.25) is 23.6 Å². The summed E-state index contributed by atoms with van der Waals surface area (Å²) in [6.45, 7) is 1.28. The van der Waals surface area contributed by atoms with Crippen LogP contribution < -0.4 is 5.32 Å². The second-order valence-electron chi connectivity index (χ2n) is 8.74. The number of likely N-dealkylation sites (tertiary alicyclic amines) is 1. The van der Waals surface area contributed by atoms with Crippen LogP contribution in [-0.4, -0.2) is 46.0 Å². The minimum atomic E-state index is -0.0796. The summed E-state index contributed by atoms with van der Waals surface area (Å²) in [4.78, 5) is 27.2. The van der Waals surface area contributed by atoms with Gasteiger partial charge in [-0.2, -0.15) is 0 Å². The summed E-state index contributed by atoms with van der Waals surface area (Å²) in [7, 11) is 0. The van der Waals surface area contributed by atoms with Gasteiger partial charge in [0.05, 0.1) is 5.92 Å². The molecule has 0 spiro atoms. The molecule has 1 aliphatic carbocycles. The lowest BCUT2D eigenvalue weighted by Crippen LogP contribution is -2.47. The maximum absolute atomic E-state index is 12.7. The molecule has 31 heavy (non-hydrogen) atoms. The minimum Gasteiger partial charge on any atom is -0.421 e. The van der Waals surface area contributed by atoms with Crippen molar-refractivity contribution >= 4 is 11.8 Å². The molecule has 2 fully saturated rings. The van der Waals surface area contributed by atoms with Gasteiger partial charge in [0.25, 0.3) is 0 Å². The first kappa shape index (κ1) is 21.5. The van der Waals surface area contributed by atoms with Crippen LogP contribution in [0.3, 0.4) is 0 Å². The number of aryl methyl sites for hydroxylation is 1. The van der Waals surface area contributed by atoms with Crippen LogP contribution in [0.1, 0.15) is 63.7 Å². The number of amides is 2. The molecule has 1 aromatic carbocycles. The lowest BCUT2D eigenvalue weighted by Gasteiger charge is -2.33. The van der Waals surface area contributed by atoms with Gasteiger partial charge < -0.3 is 14.6 Å². The van der Waals surface area contributed by atoms with Crippen LogP contribution in [0.5, 0.6) is 0 Å². The number of aromatic nitrogens is 2. The molecule has 2 amide bonds. The molecule has 7 heteroatoms. The highest BCUT2D eigenvalue weighted by molar-refractivity contribution is 5.81. The Bertz CT molecular complexity index is 861. The first-order valence-electron chi connectivity index (χ1n) is 11.6. The second kappa shape index (κ2) is 10.6. The van der Waals surface area contributed by atoms with Crippen molar-refractivity contribution in [2.45, 2.75) is 70.3 Å². The zero-order chi connectivity index (χ0) is 21.5. The molecule has 1 N–H and O–H groups in total. The number of hydrogen-bond acceptors (Lipinski definition) is 5. The van der Waals surface area contributed by atoms with Gasteiger partial charge in [-0.05, 0) is 44.2 Å². The Hall–Kier alpha value is -2.70. The lowest BCUT2D eigenvalue weighted by molar-refractivity contribution is -0.136. The fourth-order valence-corrected chi connectivity index (χ4v) is 4.58. The van der Waals surface area contributed by atoms with Crippen LogP contribution in [0, 0.1) is 5.92 Å². The van der Waals surface area contributed by atoms with E-state index in [9.17, 15) is 9.59 Å². The van der Waals surface area contributed by atoms with E-state index in [1.165, 1.54) is 19.3 Å². The van der Waals surface area contributed by atoms with Gasteiger partial charge in [-0.1, -0.05) is 37.5 Å². The van der Waals surface area contributed by atoms with E-state index < -0.39 is 0 Å². The minimum absolute atomic E-state index is 0.0796. The summed E-state index contributed by atoms with van der Waals surface area (Å²) in [6, 6.07) is 9.98. The average Bonchev–Trinajstić information content (AvgIpc) is 3.29. The molecule has 166 valence electrons. The van der Waals surface area contributed by atoms with Gasteiger partial charge in [-0.15, -0.1) is 10.2 Å². The summed E-state index contributed by atoms with van der Waals surface area (Å²) in [5.74, 6) is 1.21. The summed E-state index contributed by atoms with van der Waals surface area (Å²) >= 11 is 0. The summed E-state index contributed by atoms with van der Waals surface area (Å²) in [6.07, 6.45) is 9.27. The topological polar surface area (TPSA) is 88.3 Å². The Kier molecular flexibility index (Phi) is 7.33. The van der Waals surface area contributed by atoms with Crippen LogP contribution in [-0.2, 0) is 16.0 Å². The number of hydrogen-bond donors (Lipinski definition) is 1. The van der Waals surface area contributed by atoms with Crippen molar-refractivity contribution in [3.05, 3.63) is 36.2 Å². The molecule has 1 saturated carbocycles. The summed E-state index contributed by atoms with van der Waals surface area (Å²) in [5.41, 5.74) is 0.892. The molecule has 1 unspecified atom stereocenters. The maximum Gasteiger partial charge on any atom is 0.247 e. The van der Waals surface area contributed by atoms with E-state index in [0.717, 1.165) is 37.8 Å².